The lowest BCUT2D eigenvalue weighted by Gasteiger charge is -2.36. The highest BCUT2D eigenvalue weighted by molar-refractivity contribution is 6.31. The molecule has 1 aliphatic heterocycles. The minimum Gasteiger partial charge on any atom is -0.368 e. The van der Waals surface area contributed by atoms with Crippen molar-refractivity contribution in [2.45, 2.75) is 6.18 Å². The Labute approximate surface area is 119 Å². The summed E-state index contributed by atoms with van der Waals surface area (Å²) in [6, 6.07) is 4.91. The van der Waals surface area contributed by atoms with Crippen LogP contribution in [0.15, 0.2) is 18.2 Å². The molecule has 0 aliphatic carbocycles. The van der Waals surface area contributed by atoms with Gasteiger partial charge in [-0.05, 0) is 18.2 Å². The average molecular weight is 307 g/mol. The molecule has 0 atom stereocenters. The van der Waals surface area contributed by atoms with Gasteiger partial charge in [-0.25, -0.2) is 0 Å². The molecule has 1 fully saturated rings. The largest absolute Gasteiger partial charge is 0.401 e. The monoisotopic (exact) mass is 306 g/mol. The number of piperazine rings is 1. The first-order chi connectivity index (χ1) is 9.39. The van der Waals surface area contributed by atoms with E-state index in [9.17, 15) is 18.0 Å². The lowest BCUT2D eigenvalue weighted by atomic mass is 10.1. The van der Waals surface area contributed by atoms with Crippen molar-refractivity contribution in [1.82, 2.24) is 4.90 Å². The summed E-state index contributed by atoms with van der Waals surface area (Å²) in [5.74, 6) is 0. The fourth-order valence-corrected chi connectivity index (χ4v) is 2.46. The van der Waals surface area contributed by atoms with Crippen LogP contribution in [0.25, 0.3) is 0 Å². The Balaban J connectivity index is 2.04. The average Bonchev–Trinajstić information content (AvgIpc) is 2.38. The number of rotatable bonds is 3. The molecule has 0 spiro atoms. The van der Waals surface area contributed by atoms with Gasteiger partial charge in [0.15, 0.2) is 6.29 Å². The van der Waals surface area contributed by atoms with Crippen molar-refractivity contribution in [3.8, 4) is 0 Å². The maximum atomic E-state index is 12.3. The van der Waals surface area contributed by atoms with Crippen LogP contribution in [0.1, 0.15) is 10.4 Å². The molecule has 110 valence electrons. The Morgan fingerprint density at radius 3 is 2.40 bits per heavy atom. The number of halogens is 4. The number of hydrogen-bond acceptors (Lipinski definition) is 3. The molecule has 1 aromatic carbocycles. The smallest absolute Gasteiger partial charge is 0.368 e. The molecule has 3 nitrogen and oxygen atoms in total. The lowest BCUT2D eigenvalue weighted by Crippen LogP contribution is -2.49. The molecule has 0 bridgehead atoms. The van der Waals surface area contributed by atoms with E-state index in [-0.39, 0.29) is 0 Å². The zero-order valence-electron chi connectivity index (χ0n) is 10.7. The van der Waals surface area contributed by atoms with Crippen LogP contribution in [0.2, 0.25) is 5.02 Å². The van der Waals surface area contributed by atoms with Gasteiger partial charge in [0.25, 0.3) is 0 Å². The topological polar surface area (TPSA) is 23.6 Å². The first kappa shape index (κ1) is 15.1. The predicted molar refractivity (Wildman–Crippen MR) is 71.5 cm³/mol. The van der Waals surface area contributed by atoms with Gasteiger partial charge in [0.2, 0.25) is 0 Å². The van der Waals surface area contributed by atoms with Crippen LogP contribution < -0.4 is 4.90 Å². The van der Waals surface area contributed by atoms with Gasteiger partial charge in [-0.1, -0.05) is 11.6 Å². The van der Waals surface area contributed by atoms with Crippen LogP contribution in [-0.2, 0) is 0 Å². The molecule has 0 saturated carbocycles. The molecule has 1 aliphatic rings. The Hall–Kier alpha value is -1.27. The summed E-state index contributed by atoms with van der Waals surface area (Å²) in [6.07, 6.45) is -3.44. The maximum absolute atomic E-state index is 12.3. The molecule has 1 saturated heterocycles. The second kappa shape index (κ2) is 6.01. The molecule has 0 N–H and O–H groups in total. The first-order valence-corrected chi connectivity index (χ1v) is 6.55. The van der Waals surface area contributed by atoms with Crippen molar-refractivity contribution in [1.29, 1.82) is 0 Å². The SMILES string of the molecule is O=Cc1ccc(Cl)cc1N1CCN(CC(F)(F)F)CC1. The van der Waals surface area contributed by atoms with E-state index in [1.165, 1.54) is 4.90 Å². The Kier molecular flexibility index (Phi) is 4.55. The summed E-state index contributed by atoms with van der Waals surface area (Å²) in [7, 11) is 0. The van der Waals surface area contributed by atoms with Crippen LogP contribution in [0, 0.1) is 0 Å². The molecule has 2 rings (SSSR count). The molecule has 1 heterocycles. The summed E-state index contributed by atoms with van der Waals surface area (Å²) in [4.78, 5) is 14.3. The highest BCUT2D eigenvalue weighted by atomic mass is 35.5. The zero-order valence-corrected chi connectivity index (χ0v) is 11.4. The minimum atomic E-state index is -4.17. The van der Waals surface area contributed by atoms with Crippen LogP contribution in [0.3, 0.4) is 0 Å². The van der Waals surface area contributed by atoms with Gasteiger partial charge in [0, 0.05) is 42.5 Å². The number of aldehydes is 1. The van der Waals surface area contributed by atoms with Crippen LogP contribution >= 0.6 is 11.6 Å². The van der Waals surface area contributed by atoms with Crippen LogP contribution in [-0.4, -0.2) is 50.1 Å². The molecule has 0 amide bonds. The summed E-state index contributed by atoms with van der Waals surface area (Å²) >= 11 is 5.91. The van der Waals surface area contributed by atoms with E-state index in [4.69, 9.17) is 11.6 Å². The van der Waals surface area contributed by atoms with Crippen molar-refractivity contribution in [3.05, 3.63) is 28.8 Å². The van der Waals surface area contributed by atoms with E-state index in [1.54, 1.807) is 18.2 Å². The Bertz CT molecular complexity index is 485. The van der Waals surface area contributed by atoms with Gasteiger partial charge in [0.05, 0.1) is 6.54 Å². The fourth-order valence-electron chi connectivity index (χ4n) is 2.29. The van der Waals surface area contributed by atoms with Crippen molar-refractivity contribution in [2.75, 3.05) is 37.6 Å². The third kappa shape index (κ3) is 3.86. The summed E-state index contributed by atoms with van der Waals surface area (Å²) in [5.41, 5.74) is 1.18. The third-order valence-electron chi connectivity index (χ3n) is 3.24. The third-order valence-corrected chi connectivity index (χ3v) is 3.47. The lowest BCUT2D eigenvalue weighted by molar-refractivity contribution is -0.146. The second-order valence-electron chi connectivity index (χ2n) is 4.70. The van der Waals surface area contributed by atoms with Crippen LogP contribution in [0.5, 0.6) is 0 Å². The van der Waals surface area contributed by atoms with Crippen molar-refractivity contribution >= 4 is 23.6 Å². The highest BCUT2D eigenvalue weighted by Crippen LogP contribution is 2.25. The molecule has 20 heavy (non-hydrogen) atoms. The minimum absolute atomic E-state index is 0.310. The van der Waals surface area contributed by atoms with Gasteiger partial charge < -0.3 is 4.90 Å². The molecule has 0 aromatic heterocycles. The van der Waals surface area contributed by atoms with Crippen molar-refractivity contribution in [2.24, 2.45) is 0 Å². The van der Waals surface area contributed by atoms with E-state index in [2.05, 4.69) is 0 Å². The standard InChI is InChI=1S/C13H14ClF3N2O/c14-11-2-1-10(8-20)12(7-11)19-5-3-18(4-6-19)9-13(15,16)17/h1-2,7-8H,3-6,9H2. The van der Waals surface area contributed by atoms with Crippen molar-refractivity contribution in [3.63, 3.8) is 0 Å². The Morgan fingerprint density at radius 2 is 1.85 bits per heavy atom. The van der Waals surface area contributed by atoms with E-state index in [0.717, 1.165) is 6.29 Å². The zero-order chi connectivity index (χ0) is 14.8. The summed E-state index contributed by atoms with van der Waals surface area (Å²) in [6.45, 7) is 0.611. The van der Waals surface area contributed by atoms with E-state index in [1.807, 2.05) is 4.90 Å². The Morgan fingerprint density at radius 1 is 1.20 bits per heavy atom. The molecule has 0 unspecified atom stereocenters. The number of carbonyl (C=O) groups is 1. The number of benzene rings is 1. The fraction of sp³-hybridized carbons (Fsp3) is 0.462. The predicted octanol–water partition coefficient (Wildman–Crippen LogP) is 2.84. The highest BCUT2D eigenvalue weighted by Gasteiger charge is 2.32. The van der Waals surface area contributed by atoms with E-state index in [0.29, 0.717) is 42.5 Å². The van der Waals surface area contributed by atoms with E-state index >= 15 is 0 Å². The number of carbonyl (C=O) groups excluding carboxylic acids is 1. The number of hydrogen-bond donors (Lipinski definition) is 0. The van der Waals surface area contributed by atoms with Gasteiger partial charge in [0.1, 0.15) is 0 Å². The molecule has 7 heteroatoms. The number of alkyl halides is 3. The molecule has 1 aromatic rings. The number of nitrogens with zero attached hydrogens (tertiary/aromatic N) is 2. The molecular weight excluding hydrogens is 293 g/mol. The van der Waals surface area contributed by atoms with Gasteiger partial charge in [-0.2, -0.15) is 13.2 Å². The first-order valence-electron chi connectivity index (χ1n) is 6.18. The second-order valence-corrected chi connectivity index (χ2v) is 5.14. The van der Waals surface area contributed by atoms with Crippen molar-refractivity contribution < 1.29 is 18.0 Å². The number of anilines is 1. The summed E-state index contributed by atoms with van der Waals surface area (Å²) < 4.78 is 36.9. The molecule has 0 radical (unpaired) electrons. The van der Waals surface area contributed by atoms with Gasteiger partial charge in [-0.15, -0.1) is 0 Å². The van der Waals surface area contributed by atoms with Crippen LogP contribution in [0.4, 0.5) is 18.9 Å². The van der Waals surface area contributed by atoms with Gasteiger partial charge >= 0.3 is 6.18 Å². The van der Waals surface area contributed by atoms with E-state index < -0.39 is 12.7 Å². The summed E-state index contributed by atoms with van der Waals surface area (Å²) in [5, 5.41) is 0.503. The quantitative estimate of drug-likeness (QED) is 0.802. The molecular formula is C13H14ClF3N2O. The normalized spacial score (nSPS) is 17.3. The maximum Gasteiger partial charge on any atom is 0.401 e. The van der Waals surface area contributed by atoms with Gasteiger partial charge in [-0.3, -0.25) is 9.69 Å².